The number of hydrogen-bond acceptors (Lipinski definition) is 3. The Morgan fingerprint density at radius 2 is 1.79 bits per heavy atom. The van der Waals surface area contributed by atoms with Crippen molar-refractivity contribution in [1.29, 1.82) is 0 Å². The lowest BCUT2D eigenvalue weighted by Crippen LogP contribution is -2.04. The first-order valence-corrected chi connectivity index (χ1v) is 4.86. The van der Waals surface area contributed by atoms with Crippen LogP contribution >= 0.6 is 0 Å². The third kappa shape index (κ3) is 2.56. The van der Waals surface area contributed by atoms with Gasteiger partial charge in [0.25, 0.3) is 0 Å². The molecule has 8 heteroatoms. The standard InChI is InChI=1S/C11H5F4NO3/c12-6-3-1-5(2-4-6)7-8(9(17)18)19-10(16-7)11(13,14)15/h1-4H,(H,17,18). The van der Waals surface area contributed by atoms with E-state index in [1.165, 1.54) is 0 Å². The minimum atomic E-state index is -4.90. The Labute approximate surface area is 103 Å². The van der Waals surface area contributed by atoms with Crippen molar-refractivity contribution in [3.8, 4) is 11.3 Å². The van der Waals surface area contributed by atoms with Gasteiger partial charge in [-0.25, -0.2) is 14.2 Å². The molecule has 0 aliphatic heterocycles. The largest absolute Gasteiger partial charge is 0.475 e. The summed E-state index contributed by atoms with van der Waals surface area (Å²) in [6.07, 6.45) is -4.90. The van der Waals surface area contributed by atoms with Gasteiger partial charge in [-0.3, -0.25) is 0 Å². The topological polar surface area (TPSA) is 63.3 Å². The Kier molecular flexibility index (Phi) is 3.01. The maximum Gasteiger partial charge on any atom is 0.468 e. The minimum Gasteiger partial charge on any atom is -0.475 e. The van der Waals surface area contributed by atoms with Crippen molar-refractivity contribution in [2.75, 3.05) is 0 Å². The van der Waals surface area contributed by atoms with E-state index in [1.54, 1.807) is 0 Å². The second-order valence-corrected chi connectivity index (χ2v) is 3.51. The highest BCUT2D eigenvalue weighted by atomic mass is 19.4. The highest BCUT2D eigenvalue weighted by molar-refractivity contribution is 5.91. The monoisotopic (exact) mass is 275 g/mol. The van der Waals surface area contributed by atoms with Crippen LogP contribution in [0.1, 0.15) is 16.4 Å². The zero-order valence-corrected chi connectivity index (χ0v) is 9.03. The van der Waals surface area contributed by atoms with Gasteiger partial charge in [0.05, 0.1) is 0 Å². The third-order valence-electron chi connectivity index (χ3n) is 2.18. The quantitative estimate of drug-likeness (QED) is 0.855. The van der Waals surface area contributed by atoms with Crippen molar-refractivity contribution in [2.45, 2.75) is 6.18 Å². The number of carboxylic acids is 1. The smallest absolute Gasteiger partial charge is 0.468 e. The second kappa shape index (κ2) is 4.38. The van der Waals surface area contributed by atoms with E-state index in [4.69, 9.17) is 5.11 Å². The molecular weight excluding hydrogens is 270 g/mol. The van der Waals surface area contributed by atoms with Crippen LogP contribution in [0.15, 0.2) is 28.7 Å². The minimum absolute atomic E-state index is 0.0121. The van der Waals surface area contributed by atoms with Crippen LogP contribution in [0, 0.1) is 5.82 Å². The molecule has 1 aromatic heterocycles. The zero-order chi connectivity index (χ0) is 14.2. The van der Waals surface area contributed by atoms with E-state index < -0.39 is 35.3 Å². The molecule has 0 aliphatic rings. The molecule has 0 spiro atoms. The van der Waals surface area contributed by atoms with E-state index in [1.807, 2.05) is 0 Å². The van der Waals surface area contributed by atoms with Gasteiger partial charge >= 0.3 is 18.0 Å². The molecule has 0 unspecified atom stereocenters. The van der Waals surface area contributed by atoms with Crippen LogP contribution in [0.3, 0.4) is 0 Å². The maximum absolute atomic E-state index is 12.7. The van der Waals surface area contributed by atoms with Gasteiger partial charge in [-0.2, -0.15) is 13.2 Å². The molecule has 0 fully saturated rings. The molecule has 2 rings (SSSR count). The molecule has 1 aromatic carbocycles. The van der Waals surface area contributed by atoms with Crippen LogP contribution in [-0.4, -0.2) is 16.1 Å². The summed E-state index contributed by atoms with van der Waals surface area (Å²) >= 11 is 0. The number of aromatic carboxylic acids is 1. The Balaban J connectivity index is 2.58. The highest BCUT2D eigenvalue weighted by Crippen LogP contribution is 2.33. The Morgan fingerprint density at radius 1 is 1.21 bits per heavy atom. The van der Waals surface area contributed by atoms with Crippen molar-refractivity contribution < 1.29 is 31.9 Å². The number of nitrogens with zero attached hydrogens (tertiary/aromatic N) is 1. The number of carboxylic acid groups (broad SMARTS) is 1. The highest BCUT2D eigenvalue weighted by Gasteiger charge is 2.39. The zero-order valence-electron chi connectivity index (χ0n) is 9.03. The molecule has 19 heavy (non-hydrogen) atoms. The van der Waals surface area contributed by atoms with Gasteiger partial charge < -0.3 is 9.52 Å². The van der Waals surface area contributed by atoms with Gasteiger partial charge in [0.1, 0.15) is 11.5 Å². The van der Waals surface area contributed by atoms with E-state index in [0.29, 0.717) is 0 Å². The fraction of sp³-hybridized carbons (Fsp3) is 0.0909. The molecule has 0 saturated heterocycles. The first-order valence-electron chi connectivity index (χ1n) is 4.86. The molecule has 0 amide bonds. The molecule has 0 saturated carbocycles. The summed E-state index contributed by atoms with van der Waals surface area (Å²) in [7, 11) is 0. The number of hydrogen-bond donors (Lipinski definition) is 1. The SMILES string of the molecule is O=C(O)c1oc(C(F)(F)F)nc1-c1ccc(F)cc1. The lowest BCUT2D eigenvalue weighted by atomic mass is 10.1. The van der Waals surface area contributed by atoms with Crippen molar-refractivity contribution in [1.82, 2.24) is 4.98 Å². The average molecular weight is 275 g/mol. The average Bonchev–Trinajstić information content (AvgIpc) is 2.74. The van der Waals surface area contributed by atoms with Gasteiger partial charge in [0.2, 0.25) is 5.76 Å². The summed E-state index contributed by atoms with van der Waals surface area (Å²) in [6, 6.07) is 4.17. The van der Waals surface area contributed by atoms with Crippen LogP contribution < -0.4 is 0 Å². The van der Waals surface area contributed by atoms with Crippen molar-refractivity contribution >= 4 is 5.97 Å². The van der Waals surface area contributed by atoms with Gasteiger partial charge in [-0.05, 0) is 24.3 Å². The van der Waals surface area contributed by atoms with Gasteiger partial charge in [-0.1, -0.05) is 0 Å². The summed E-state index contributed by atoms with van der Waals surface area (Å²) in [5.74, 6) is -4.91. The Morgan fingerprint density at radius 3 is 2.26 bits per heavy atom. The second-order valence-electron chi connectivity index (χ2n) is 3.51. The number of aromatic nitrogens is 1. The van der Waals surface area contributed by atoms with Crippen LogP contribution in [0.5, 0.6) is 0 Å². The molecular formula is C11H5F4NO3. The number of halogens is 4. The maximum atomic E-state index is 12.7. The number of rotatable bonds is 2. The summed E-state index contributed by atoms with van der Waals surface area (Å²) in [5, 5.41) is 8.79. The van der Waals surface area contributed by atoms with Crippen molar-refractivity contribution in [3.63, 3.8) is 0 Å². The van der Waals surface area contributed by atoms with E-state index in [-0.39, 0.29) is 5.56 Å². The van der Waals surface area contributed by atoms with E-state index in [0.717, 1.165) is 24.3 Å². The van der Waals surface area contributed by atoms with E-state index in [9.17, 15) is 22.4 Å². The first-order chi connectivity index (χ1) is 8.79. The molecule has 100 valence electrons. The summed E-state index contributed by atoms with van der Waals surface area (Å²) in [4.78, 5) is 13.9. The van der Waals surface area contributed by atoms with Gasteiger partial charge in [-0.15, -0.1) is 0 Å². The van der Waals surface area contributed by atoms with E-state index in [2.05, 4.69) is 9.40 Å². The van der Waals surface area contributed by atoms with Crippen LogP contribution in [0.25, 0.3) is 11.3 Å². The summed E-state index contributed by atoms with van der Waals surface area (Å²) in [6.45, 7) is 0. The number of alkyl halides is 3. The van der Waals surface area contributed by atoms with Gasteiger partial charge in [0, 0.05) is 5.56 Å². The van der Waals surface area contributed by atoms with Crippen molar-refractivity contribution in [2.24, 2.45) is 0 Å². The summed E-state index contributed by atoms with van der Waals surface area (Å²) < 4.78 is 54.2. The van der Waals surface area contributed by atoms with E-state index >= 15 is 0 Å². The molecule has 0 radical (unpaired) electrons. The normalized spacial score (nSPS) is 11.6. The third-order valence-corrected chi connectivity index (χ3v) is 2.18. The molecule has 1 heterocycles. The number of carbonyl (C=O) groups is 1. The predicted molar refractivity (Wildman–Crippen MR) is 53.9 cm³/mol. The first kappa shape index (κ1) is 13.1. The molecule has 0 atom stereocenters. The molecule has 1 N–H and O–H groups in total. The predicted octanol–water partition coefficient (Wildman–Crippen LogP) is 3.20. The summed E-state index contributed by atoms with van der Waals surface area (Å²) in [5.41, 5.74) is -0.488. The molecule has 4 nitrogen and oxygen atoms in total. The Bertz CT molecular complexity index is 616. The lowest BCUT2D eigenvalue weighted by Gasteiger charge is -1.97. The fourth-order valence-corrected chi connectivity index (χ4v) is 1.39. The van der Waals surface area contributed by atoms with Crippen molar-refractivity contribution in [3.05, 3.63) is 41.7 Å². The number of benzene rings is 1. The van der Waals surface area contributed by atoms with Crippen LogP contribution in [0.4, 0.5) is 17.6 Å². The number of oxazole rings is 1. The Hall–Kier alpha value is -2.38. The lowest BCUT2D eigenvalue weighted by molar-refractivity contribution is -0.157. The molecule has 2 aromatic rings. The molecule has 0 aliphatic carbocycles. The van der Waals surface area contributed by atoms with Crippen LogP contribution in [-0.2, 0) is 6.18 Å². The van der Waals surface area contributed by atoms with Crippen LogP contribution in [0.2, 0.25) is 0 Å². The molecule has 0 bridgehead atoms. The van der Waals surface area contributed by atoms with Gasteiger partial charge in [0.15, 0.2) is 0 Å². The fourth-order valence-electron chi connectivity index (χ4n) is 1.39.